The Kier molecular flexibility index (Phi) is 7.11. The van der Waals surface area contributed by atoms with E-state index in [1.165, 1.54) is 7.11 Å². The molecule has 0 heterocycles. The topological polar surface area (TPSA) is 88.7 Å². The van der Waals surface area contributed by atoms with Crippen molar-refractivity contribution in [3.8, 4) is 5.75 Å². The summed E-state index contributed by atoms with van der Waals surface area (Å²) in [6.45, 7) is 4.00. The summed E-state index contributed by atoms with van der Waals surface area (Å²) in [6, 6.07) is 6.68. The molecule has 1 aromatic rings. The maximum absolute atomic E-state index is 11.9. The third-order valence-electron chi connectivity index (χ3n) is 2.72. The second-order valence-corrected chi connectivity index (χ2v) is 4.79. The van der Waals surface area contributed by atoms with Crippen molar-refractivity contribution >= 4 is 29.3 Å². The lowest BCUT2D eigenvalue weighted by molar-refractivity contribution is 0.0975. The summed E-state index contributed by atoms with van der Waals surface area (Å²) in [5, 5.41) is 2.37. The predicted octanol–water partition coefficient (Wildman–Crippen LogP) is 1.74. The van der Waals surface area contributed by atoms with Crippen LogP contribution in [0.5, 0.6) is 5.75 Å². The summed E-state index contributed by atoms with van der Waals surface area (Å²) in [7, 11) is 1.21. The van der Waals surface area contributed by atoms with Gasteiger partial charge < -0.3 is 9.47 Å². The third kappa shape index (κ3) is 5.96. The molecule has 0 bridgehead atoms. The molecule has 0 spiro atoms. The number of rotatable bonds is 4. The fourth-order valence-electron chi connectivity index (χ4n) is 1.37. The maximum Gasteiger partial charge on any atom is 0.425 e. The SMILES string of the molecule is CCC(C)Oc1ccc(C(=O)NC(=S)NNC(=O)OC)cc1. The van der Waals surface area contributed by atoms with Gasteiger partial charge in [-0.15, -0.1) is 0 Å². The van der Waals surface area contributed by atoms with Gasteiger partial charge in [-0.25, -0.2) is 10.2 Å². The Morgan fingerprint density at radius 1 is 1.23 bits per heavy atom. The smallest absolute Gasteiger partial charge is 0.425 e. The first kappa shape index (κ1) is 17.7. The molecule has 0 aliphatic rings. The van der Waals surface area contributed by atoms with Gasteiger partial charge in [-0.2, -0.15) is 0 Å². The minimum Gasteiger partial charge on any atom is -0.491 e. The van der Waals surface area contributed by atoms with Gasteiger partial charge in [0.15, 0.2) is 5.11 Å². The highest BCUT2D eigenvalue weighted by Gasteiger charge is 2.09. The van der Waals surface area contributed by atoms with E-state index in [1.54, 1.807) is 24.3 Å². The van der Waals surface area contributed by atoms with E-state index in [-0.39, 0.29) is 11.2 Å². The molecule has 0 aliphatic heterocycles. The summed E-state index contributed by atoms with van der Waals surface area (Å²) in [4.78, 5) is 22.8. The summed E-state index contributed by atoms with van der Waals surface area (Å²) in [6.07, 6.45) is 0.291. The first-order valence-corrected chi connectivity index (χ1v) is 7.09. The molecule has 0 saturated carbocycles. The van der Waals surface area contributed by atoms with E-state index in [2.05, 4.69) is 20.9 Å². The van der Waals surface area contributed by atoms with E-state index in [0.717, 1.165) is 6.42 Å². The van der Waals surface area contributed by atoms with Gasteiger partial charge in [0.2, 0.25) is 0 Å². The average Bonchev–Trinajstić information content (AvgIpc) is 2.52. The molecule has 1 rings (SSSR count). The normalized spacial score (nSPS) is 11.0. The Morgan fingerprint density at radius 3 is 2.41 bits per heavy atom. The van der Waals surface area contributed by atoms with Crippen molar-refractivity contribution in [2.75, 3.05) is 7.11 Å². The standard InChI is InChI=1S/C14H19N3O4S/c1-4-9(2)21-11-7-5-10(6-8-11)12(18)15-13(22)16-17-14(19)20-3/h5-9H,4H2,1-3H3,(H,17,19)(H2,15,16,18,22). The molecule has 0 radical (unpaired) electrons. The molecule has 3 N–H and O–H groups in total. The van der Waals surface area contributed by atoms with Gasteiger partial charge in [-0.1, -0.05) is 6.92 Å². The van der Waals surface area contributed by atoms with Crippen LogP contribution in [0.3, 0.4) is 0 Å². The van der Waals surface area contributed by atoms with Crippen LogP contribution in [0.1, 0.15) is 30.6 Å². The van der Waals surface area contributed by atoms with E-state index in [9.17, 15) is 9.59 Å². The highest BCUT2D eigenvalue weighted by molar-refractivity contribution is 7.80. The molecule has 8 heteroatoms. The molecular weight excluding hydrogens is 306 g/mol. The number of hydrogen-bond acceptors (Lipinski definition) is 5. The fourth-order valence-corrected chi connectivity index (χ4v) is 1.51. The summed E-state index contributed by atoms with van der Waals surface area (Å²) in [5.41, 5.74) is 4.88. The molecular formula is C14H19N3O4S. The van der Waals surface area contributed by atoms with E-state index in [4.69, 9.17) is 17.0 Å². The highest BCUT2D eigenvalue weighted by Crippen LogP contribution is 2.14. The second kappa shape index (κ2) is 8.83. The van der Waals surface area contributed by atoms with Crippen molar-refractivity contribution in [3.05, 3.63) is 29.8 Å². The molecule has 7 nitrogen and oxygen atoms in total. The highest BCUT2D eigenvalue weighted by atomic mass is 32.1. The predicted molar refractivity (Wildman–Crippen MR) is 85.6 cm³/mol. The number of hydrogen-bond donors (Lipinski definition) is 3. The number of nitrogens with one attached hydrogen (secondary N) is 3. The number of amides is 2. The zero-order chi connectivity index (χ0) is 16.5. The minimum atomic E-state index is -0.719. The third-order valence-corrected chi connectivity index (χ3v) is 2.92. The van der Waals surface area contributed by atoms with Crippen molar-refractivity contribution < 1.29 is 19.1 Å². The molecule has 1 unspecified atom stereocenters. The number of carbonyl (C=O) groups excluding carboxylic acids is 2. The fraction of sp³-hybridized carbons (Fsp3) is 0.357. The lowest BCUT2D eigenvalue weighted by Gasteiger charge is -2.13. The largest absolute Gasteiger partial charge is 0.491 e. The molecule has 0 fully saturated rings. The summed E-state index contributed by atoms with van der Waals surface area (Å²) >= 11 is 4.86. The maximum atomic E-state index is 11.9. The van der Waals surface area contributed by atoms with Crippen LogP contribution in [0.15, 0.2) is 24.3 Å². The van der Waals surface area contributed by atoms with Crippen molar-refractivity contribution in [3.63, 3.8) is 0 Å². The van der Waals surface area contributed by atoms with Crippen LogP contribution in [-0.2, 0) is 4.74 Å². The Bertz CT molecular complexity index is 533. The lowest BCUT2D eigenvalue weighted by Crippen LogP contribution is -2.48. The van der Waals surface area contributed by atoms with Gasteiger partial charge in [0.25, 0.3) is 5.91 Å². The molecule has 120 valence electrons. The molecule has 22 heavy (non-hydrogen) atoms. The number of carbonyl (C=O) groups is 2. The zero-order valence-corrected chi connectivity index (χ0v) is 13.5. The number of hydrazine groups is 1. The molecule has 0 aromatic heterocycles. The molecule has 0 saturated heterocycles. The zero-order valence-electron chi connectivity index (χ0n) is 12.6. The van der Waals surface area contributed by atoms with Crippen LogP contribution < -0.4 is 20.9 Å². The Morgan fingerprint density at radius 2 is 1.86 bits per heavy atom. The van der Waals surface area contributed by atoms with Gasteiger partial charge in [0.05, 0.1) is 13.2 Å². The van der Waals surface area contributed by atoms with Gasteiger partial charge in [-0.3, -0.25) is 15.5 Å². The molecule has 0 aliphatic carbocycles. The van der Waals surface area contributed by atoms with Crippen LogP contribution in [0.25, 0.3) is 0 Å². The monoisotopic (exact) mass is 325 g/mol. The van der Waals surface area contributed by atoms with Crippen molar-refractivity contribution in [1.29, 1.82) is 0 Å². The first-order valence-electron chi connectivity index (χ1n) is 6.68. The Balaban J connectivity index is 2.51. The summed E-state index contributed by atoms with van der Waals surface area (Å²) < 4.78 is 9.97. The number of thiocarbonyl (C=S) groups is 1. The second-order valence-electron chi connectivity index (χ2n) is 4.39. The first-order chi connectivity index (χ1) is 10.5. The van der Waals surface area contributed by atoms with Crippen LogP contribution in [0, 0.1) is 0 Å². The van der Waals surface area contributed by atoms with Crippen molar-refractivity contribution in [1.82, 2.24) is 16.2 Å². The van der Waals surface area contributed by atoms with E-state index >= 15 is 0 Å². The van der Waals surface area contributed by atoms with Gasteiger partial charge in [-0.05, 0) is 49.8 Å². The lowest BCUT2D eigenvalue weighted by atomic mass is 10.2. The Hall–Kier alpha value is -2.35. The van der Waals surface area contributed by atoms with E-state index in [0.29, 0.717) is 11.3 Å². The van der Waals surface area contributed by atoms with Crippen molar-refractivity contribution in [2.24, 2.45) is 0 Å². The van der Waals surface area contributed by atoms with Crippen LogP contribution >= 0.6 is 12.2 Å². The summed E-state index contributed by atoms with van der Waals surface area (Å²) in [5.74, 6) is 0.290. The molecule has 1 atom stereocenters. The molecule has 1 aromatic carbocycles. The Labute approximate surface area is 134 Å². The number of benzene rings is 1. The van der Waals surface area contributed by atoms with Crippen LogP contribution in [0.2, 0.25) is 0 Å². The van der Waals surface area contributed by atoms with E-state index < -0.39 is 12.0 Å². The van der Waals surface area contributed by atoms with E-state index in [1.807, 2.05) is 13.8 Å². The molecule has 2 amide bonds. The van der Waals surface area contributed by atoms with Crippen molar-refractivity contribution in [2.45, 2.75) is 26.4 Å². The van der Waals surface area contributed by atoms with Crippen LogP contribution in [-0.4, -0.2) is 30.3 Å². The quantitative estimate of drug-likeness (QED) is 0.577. The van der Waals surface area contributed by atoms with Gasteiger partial charge >= 0.3 is 6.09 Å². The number of ether oxygens (including phenoxy) is 2. The van der Waals surface area contributed by atoms with Gasteiger partial charge in [0, 0.05) is 5.56 Å². The average molecular weight is 325 g/mol. The number of methoxy groups -OCH3 is 1. The van der Waals surface area contributed by atoms with Crippen LogP contribution in [0.4, 0.5) is 4.79 Å². The minimum absolute atomic E-state index is 0.0460. The van der Waals surface area contributed by atoms with Gasteiger partial charge in [0.1, 0.15) is 5.75 Å².